The van der Waals surface area contributed by atoms with Gasteiger partial charge in [-0.15, -0.1) is 11.3 Å². The number of ether oxygens (including phenoxy) is 1. The molecule has 0 bridgehead atoms. The van der Waals surface area contributed by atoms with Gasteiger partial charge in [-0.3, -0.25) is 9.59 Å². The summed E-state index contributed by atoms with van der Waals surface area (Å²) in [5.41, 5.74) is 1.25. The van der Waals surface area contributed by atoms with E-state index in [4.69, 9.17) is 4.74 Å². The standard InChI is InChI=1S/C25H26N4O4S/c1-15(2)13-29-24(31)18-10-7-6-9-17(18)22(28-29)25(32)33-14-21(30)27-23-19(12-26)16-8-4-3-5-11-20(16)34-23/h6-7,9-10,15H,3-5,8,11,13-14H2,1-2H3,(H,27,30). The number of esters is 1. The zero-order valence-electron chi connectivity index (χ0n) is 19.2. The van der Waals surface area contributed by atoms with Crippen LogP contribution in [0.5, 0.6) is 0 Å². The van der Waals surface area contributed by atoms with E-state index < -0.39 is 18.5 Å². The first kappa shape index (κ1) is 23.6. The minimum Gasteiger partial charge on any atom is -0.451 e. The van der Waals surface area contributed by atoms with Crippen molar-refractivity contribution in [2.75, 3.05) is 11.9 Å². The predicted molar refractivity (Wildman–Crippen MR) is 130 cm³/mol. The number of nitriles is 1. The Balaban J connectivity index is 1.51. The monoisotopic (exact) mass is 478 g/mol. The number of thiophene rings is 1. The van der Waals surface area contributed by atoms with E-state index in [2.05, 4.69) is 16.5 Å². The second kappa shape index (κ2) is 10.2. The van der Waals surface area contributed by atoms with E-state index in [0.29, 0.717) is 27.9 Å². The molecule has 0 radical (unpaired) electrons. The first-order valence-electron chi connectivity index (χ1n) is 11.4. The van der Waals surface area contributed by atoms with Crippen LogP contribution in [0.15, 0.2) is 29.1 Å². The molecule has 0 unspecified atom stereocenters. The number of aromatic nitrogens is 2. The number of aryl methyl sites for hydroxylation is 1. The van der Waals surface area contributed by atoms with Crippen LogP contribution in [0.3, 0.4) is 0 Å². The molecule has 9 heteroatoms. The number of carbonyl (C=O) groups is 2. The predicted octanol–water partition coefficient (Wildman–Crippen LogP) is 4.05. The summed E-state index contributed by atoms with van der Waals surface area (Å²) in [4.78, 5) is 39.3. The third kappa shape index (κ3) is 4.87. The molecule has 176 valence electrons. The summed E-state index contributed by atoms with van der Waals surface area (Å²) in [6.07, 6.45) is 4.98. The summed E-state index contributed by atoms with van der Waals surface area (Å²) in [5.74, 6) is -1.16. The molecule has 3 aromatic rings. The van der Waals surface area contributed by atoms with Crippen LogP contribution < -0.4 is 10.9 Å². The molecule has 1 aliphatic rings. The second-order valence-corrected chi connectivity index (χ2v) is 9.89. The van der Waals surface area contributed by atoms with Gasteiger partial charge in [0.15, 0.2) is 12.3 Å². The Kier molecular flexibility index (Phi) is 7.08. The first-order chi connectivity index (χ1) is 16.4. The molecule has 2 heterocycles. The van der Waals surface area contributed by atoms with Gasteiger partial charge in [0.2, 0.25) is 0 Å². The van der Waals surface area contributed by atoms with Gasteiger partial charge in [-0.2, -0.15) is 10.4 Å². The fourth-order valence-corrected chi connectivity index (χ4v) is 5.42. The third-order valence-electron chi connectivity index (χ3n) is 5.72. The summed E-state index contributed by atoms with van der Waals surface area (Å²) in [7, 11) is 0. The van der Waals surface area contributed by atoms with E-state index in [0.717, 1.165) is 42.5 Å². The molecule has 0 aliphatic heterocycles. The molecule has 0 saturated carbocycles. The van der Waals surface area contributed by atoms with Gasteiger partial charge in [-0.25, -0.2) is 9.48 Å². The number of anilines is 1. The highest BCUT2D eigenvalue weighted by molar-refractivity contribution is 7.16. The number of fused-ring (bicyclic) bond motifs is 2. The summed E-state index contributed by atoms with van der Waals surface area (Å²) >= 11 is 1.42. The summed E-state index contributed by atoms with van der Waals surface area (Å²) in [6, 6.07) is 8.94. The van der Waals surface area contributed by atoms with Crippen molar-refractivity contribution in [3.63, 3.8) is 0 Å². The SMILES string of the molecule is CC(C)Cn1nc(C(=O)OCC(=O)Nc2sc3c(c2C#N)CCCCC3)c2ccccc2c1=O. The van der Waals surface area contributed by atoms with Crippen LogP contribution in [-0.4, -0.2) is 28.3 Å². The van der Waals surface area contributed by atoms with Gasteiger partial charge in [0.1, 0.15) is 11.1 Å². The highest BCUT2D eigenvalue weighted by atomic mass is 32.1. The van der Waals surface area contributed by atoms with Crippen molar-refractivity contribution in [1.82, 2.24) is 9.78 Å². The van der Waals surface area contributed by atoms with Crippen molar-refractivity contribution in [3.05, 3.63) is 56.3 Å². The van der Waals surface area contributed by atoms with E-state index in [1.165, 1.54) is 16.0 Å². The average molecular weight is 479 g/mol. The number of rotatable bonds is 6. The molecule has 2 aromatic heterocycles. The Morgan fingerprint density at radius 1 is 1.21 bits per heavy atom. The number of amides is 1. The van der Waals surface area contributed by atoms with Crippen molar-refractivity contribution in [1.29, 1.82) is 5.26 Å². The lowest BCUT2D eigenvalue weighted by atomic mass is 10.1. The van der Waals surface area contributed by atoms with Crippen LogP contribution in [0.1, 0.15) is 59.6 Å². The molecule has 34 heavy (non-hydrogen) atoms. The highest BCUT2D eigenvalue weighted by Crippen LogP contribution is 2.36. The number of nitrogens with zero attached hydrogens (tertiary/aromatic N) is 3. The summed E-state index contributed by atoms with van der Waals surface area (Å²) in [6.45, 7) is 3.73. The summed E-state index contributed by atoms with van der Waals surface area (Å²) < 4.78 is 6.52. The van der Waals surface area contributed by atoms with Gasteiger partial charge in [0.05, 0.1) is 10.9 Å². The average Bonchev–Trinajstić information content (AvgIpc) is 2.97. The molecule has 1 amide bonds. The van der Waals surface area contributed by atoms with Crippen molar-refractivity contribution in [3.8, 4) is 6.07 Å². The lowest BCUT2D eigenvalue weighted by Crippen LogP contribution is -2.29. The van der Waals surface area contributed by atoms with E-state index >= 15 is 0 Å². The molecule has 1 aliphatic carbocycles. The first-order valence-corrected chi connectivity index (χ1v) is 12.2. The van der Waals surface area contributed by atoms with Crippen LogP contribution >= 0.6 is 11.3 Å². The number of hydrogen-bond acceptors (Lipinski definition) is 7. The Labute approximate surface area is 201 Å². The molecule has 1 aromatic carbocycles. The van der Waals surface area contributed by atoms with Crippen LogP contribution in [-0.2, 0) is 28.9 Å². The zero-order chi connectivity index (χ0) is 24.2. The maximum atomic E-state index is 12.9. The lowest BCUT2D eigenvalue weighted by Gasteiger charge is -2.12. The Morgan fingerprint density at radius 3 is 2.68 bits per heavy atom. The van der Waals surface area contributed by atoms with Crippen LogP contribution in [0.25, 0.3) is 10.8 Å². The molecule has 0 saturated heterocycles. The Bertz CT molecular complexity index is 1350. The number of nitrogens with one attached hydrogen (secondary N) is 1. The van der Waals surface area contributed by atoms with E-state index in [-0.39, 0.29) is 17.2 Å². The second-order valence-electron chi connectivity index (χ2n) is 8.78. The molecular formula is C25H26N4O4S. The number of hydrogen-bond donors (Lipinski definition) is 1. The lowest BCUT2D eigenvalue weighted by molar-refractivity contribution is -0.119. The van der Waals surface area contributed by atoms with Gasteiger partial charge in [0, 0.05) is 16.8 Å². The minimum absolute atomic E-state index is 0.01000. The molecule has 4 rings (SSSR count). The molecule has 1 N–H and O–H groups in total. The van der Waals surface area contributed by atoms with E-state index in [1.54, 1.807) is 24.3 Å². The maximum absolute atomic E-state index is 12.9. The third-order valence-corrected chi connectivity index (χ3v) is 6.93. The van der Waals surface area contributed by atoms with Crippen LogP contribution in [0.4, 0.5) is 5.00 Å². The van der Waals surface area contributed by atoms with Crippen molar-refractivity contribution < 1.29 is 14.3 Å². The molecule has 0 spiro atoms. The number of benzene rings is 1. The normalized spacial score (nSPS) is 13.2. The van der Waals surface area contributed by atoms with Crippen molar-refractivity contribution in [2.45, 2.75) is 52.5 Å². The quantitative estimate of drug-likeness (QED) is 0.422. The Morgan fingerprint density at radius 2 is 1.94 bits per heavy atom. The fourth-order valence-electron chi connectivity index (χ4n) is 4.17. The summed E-state index contributed by atoms with van der Waals surface area (Å²) in [5, 5.41) is 17.9. The highest BCUT2D eigenvalue weighted by Gasteiger charge is 2.23. The maximum Gasteiger partial charge on any atom is 0.359 e. The Hall–Kier alpha value is -3.51. The van der Waals surface area contributed by atoms with Crippen molar-refractivity contribution >= 4 is 39.0 Å². The van der Waals surface area contributed by atoms with E-state index in [1.807, 2.05) is 13.8 Å². The molecular weight excluding hydrogens is 452 g/mol. The van der Waals surface area contributed by atoms with E-state index in [9.17, 15) is 19.6 Å². The molecule has 0 fully saturated rings. The minimum atomic E-state index is -0.786. The van der Waals surface area contributed by atoms with Gasteiger partial charge in [-0.05, 0) is 43.2 Å². The van der Waals surface area contributed by atoms with Gasteiger partial charge in [0.25, 0.3) is 11.5 Å². The molecule has 0 atom stereocenters. The van der Waals surface area contributed by atoms with Crippen LogP contribution in [0.2, 0.25) is 0 Å². The molecule has 8 nitrogen and oxygen atoms in total. The smallest absolute Gasteiger partial charge is 0.359 e. The van der Waals surface area contributed by atoms with Gasteiger partial charge in [-0.1, -0.05) is 38.5 Å². The largest absolute Gasteiger partial charge is 0.451 e. The van der Waals surface area contributed by atoms with Gasteiger partial charge < -0.3 is 10.1 Å². The fraction of sp³-hybridized carbons (Fsp3) is 0.400. The zero-order valence-corrected chi connectivity index (χ0v) is 20.0. The topological polar surface area (TPSA) is 114 Å². The van der Waals surface area contributed by atoms with Crippen molar-refractivity contribution in [2.24, 2.45) is 5.92 Å². The van der Waals surface area contributed by atoms with Crippen LogP contribution in [0, 0.1) is 17.2 Å². The van der Waals surface area contributed by atoms with Gasteiger partial charge >= 0.3 is 5.97 Å². The number of carbonyl (C=O) groups excluding carboxylic acids is 2.